The smallest absolute Gasteiger partial charge is 0.122 e. The van der Waals surface area contributed by atoms with Crippen molar-refractivity contribution in [3.63, 3.8) is 0 Å². The largest absolute Gasteiger partial charge is 0.496 e. The number of methoxy groups -OCH3 is 1. The lowest BCUT2D eigenvalue weighted by atomic mass is 10.1. The first-order valence-electron chi connectivity index (χ1n) is 6.53. The Kier molecular flexibility index (Phi) is 5.29. The Morgan fingerprint density at radius 3 is 3.11 bits per heavy atom. The number of benzene rings is 1. The first kappa shape index (κ1) is 13.7. The molecule has 1 aliphatic rings. The zero-order valence-electron chi connectivity index (χ0n) is 10.8. The van der Waals surface area contributed by atoms with Crippen molar-refractivity contribution in [1.82, 2.24) is 10.6 Å². The number of ether oxygens (including phenoxy) is 1. The first-order chi connectivity index (χ1) is 8.79. The van der Waals surface area contributed by atoms with E-state index < -0.39 is 0 Å². The van der Waals surface area contributed by atoms with E-state index in [9.17, 15) is 0 Å². The van der Waals surface area contributed by atoms with Gasteiger partial charge in [0, 0.05) is 5.02 Å². The van der Waals surface area contributed by atoms with Crippen molar-refractivity contribution in [2.24, 2.45) is 5.92 Å². The Hall–Kier alpha value is -0.770. The van der Waals surface area contributed by atoms with Crippen LogP contribution in [0.5, 0.6) is 5.75 Å². The van der Waals surface area contributed by atoms with Gasteiger partial charge in [0.05, 0.1) is 7.11 Å². The molecule has 1 aromatic rings. The van der Waals surface area contributed by atoms with E-state index >= 15 is 0 Å². The number of rotatable bonds is 6. The Morgan fingerprint density at radius 1 is 1.50 bits per heavy atom. The minimum absolute atomic E-state index is 0.769. The molecule has 1 unspecified atom stereocenters. The molecular formula is C14H21ClN2O. The number of nitrogens with one attached hydrogen (secondary N) is 2. The normalized spacial score (nSPS) is 19.1. The fourth-order valence-electron chi connectivity index (χ4n) is 2.36. The van der Waals surface area contributed by atoms with E-state index in [2.05, 4.69) is 10.6 Å². The zero-order valence-corrected chi connectivity index (χ0v) is 11.6. The van der Waals surface area contributed by atoms with E-state index in [-0.39, 0.29) is 0 Å². The van der Waals surface area contributed by atoms with Gasteiger partial charge in [0.2, 0.25) is 0 Å². The fraction of sp³-hybridized carbons (Fsp3) is 0.571. The number of hydrogen-bond donors (Lipinski definition) is 2. The fourth-order valence-corrected chi connectivity index (χ4v) is 2.56. The second kappa shape index (κ2) is 6.98. The van der Waals surface area contributed by atoms with Crippen LogP contribution in [-0.4, -0.2) is 33.3 Å². The predicted molar refractivity (Wildman–Crippen MR) is 75.6 cm³/mol. The molecule has 2 rings (SSSR count). The quantitative estimate of drug-likeness (QED) is 0.775. The van der Waals surface area contributed by atoms with Crippen LogP contribution in [0.15, 0.2) is 18.2 Å². The Labute approximate surface area is 114 Å². The van der Waals surface area contributed by atoms with Gasteiger partial charge in [-0.1, -0.05) is 11.6 Å². The summed E-state index contributed by atoms with van der Waals surface area (Å²) in [7, 11) is 1.70. The maximum atomic E-state index is 6.01. The molecule has 1 heterocycles. The molecule has 1 aromatic carbocycles. The lowest BCUT2D eigenvalue weighted by molar-refractivity contribution is 0.408. The second-order valence-electron chi connectivity index (χ2n) is 4.77. The van der Waals surface area contributed by atoms with E-state index in [4.69, 9.17) is 16.3 Å². The van der Waals surface area contributed by atoms with Gasteiger partial charge in [0.15, 0.2) is 0 Å². The van der Waals surface area contributed by atoms with Crippen LogP contribution in [0.3, 0.4) is 0 Å². The van der Waals surface area contributed by atoms with Crippen LogP contribution in [0.4, 0.5) is 0 Å². The number of halogens is 1. The highest BCUT2D eigenvalue weighted by atomic mass is 35.5. The molecule has 0 bridgehead atoms. The van der Waals surface area contributed by atoms with Gasteiger partial charge >= 0.3 is 0 Å². The highest BCUT2D eigenvalue weighted by Gasteiger charge is 2.13. The van der Waals surface area contributed by atoms with Crippen molar-refractivity contribution in [3.05, 3.63) is 28.8 Å². The van der Waals surface area contributed by atoms with Gasteiger partial charge in [0.25, 0.3) is 0 Å². The van der Waals surface area contributed by atoms with Crippen molar-refractivity contribution in [1.29, 1.82) is 0 Å². The third kappa shape index (κ3) is 3.87. The molecule has 100 valence electrons. The average Bonchev–Trinajstić information content (AvgIpc) is 2.88. The molecule has 0 spiro atoms. The molecule has 0 aliphatic carbocycles. The summed E-state index contributed by atoms with van der Waals surface area (Å²) in [6, 6.07) is 5.78. The molecule has 4 heteroatoms. The van der Waals surface area contributed by atoms with E-state index in [1.165, 1.54) is 12.0 Å². The van der Waals surface area contributed by atoms with Crippen molar-refractivity contribution in [2.45, 2.75) is 12.8 Å². The molecule has 1 fully saturated rings. The van der Waals surface area contributed by atoms with Crippen LogP contribution in [0.2, 0.25) is 5.02 Å². The van der Waals surface area contributed by atoms with Crippen LogP contribution in [0.25, 0.3) is 0 Å². The topological polar surface area (TPSA) is 33.3 Å². The maximum absolute atomic E-state index is 6.01. The molecule has 3 nitrogen and oxygen atoms in total. The molecule has 2 N–H and O–H groups in total. The SMILES string of the molecule is COc1ccc(Cl)cc1CCNCC1CCNC1. The molecule has 0 amide bonds. The van der Waals surface area contributed by atoms with Crippen LogP contribution < -0.4 is 15.4 Å². The average molecular weight is 269 g/mol. The van der Waals surface area contributed by atoms with Gasteiger partial charge in [-0.2, -0.15) is 0 Å². The van der Waals surface area contributed by atoms with Crippen molar-refractivity contribution in [3.8, 4) is 5.75 Å². The summed E-state index contributed by atoms with van der Waals surface area (Å²) >= 11 is 6.01. The molecule has 1 saturated heterocycles. The molecule has 1 aliphatic heterocycles. The summed E-state index contributed by atoms with van der Waals surface area (Å²) in [5, 5.41) is 7.66. The molecular weight excluding hydrogens is 248 g/mol. The van der Waals surface area contributed by atoms with E-state index in [1.807, 2.05) is 18.2 Å². The Morgan fingerprint density at radius 2 is 2.39 bits per heavy atom. The number of hydrogen-bond acceptors (Lipinski definition) is 3. The summed E-state index contributed by atoms with van der Waals surface area (Å²) in [4.78, 5) is 0. The lowest BCUT2D eigenvalue weighted by Gasteiger charge is -2.12. The molecule has 0 aromatic heterocycles. The van der Waals surface area contributed by atoms with Crippen molar-refractivity contribution >= 4 is 11.6 Å². The van der Waals surface area contributed by atoms with Gasteiger partial charge in [-0.15, -0.1) is 0 Å². The van der Waals surface area contributed by atoms with Crippen molar-refractivity contribution < 1.29 is 4.74 Å². The van der Waals surface area contributed by atoms with Crippen LogP contribution in [0, 0.1) is 5.92 Å². The van der Waals surface area contributed by atoms with Gasteiger partial charge in [-0.3, -0.25) is 0 Å². The third-order valence-corrected chi connectivity index (χ3v) is 3.64. The van der Waals surface area contributed by atoms with Gasteiger partial charge in [-0.25, -0.2) is 0 Å². The second-order valence-corrected chi connectivity index (χ2v) is 5.21. The summed E-state index contributed by atoms with van der Waals surface area (Å²) in [6.45, 7) is 4.37. The molecule has 18 heavy (non-hydrogen) atoms. The van der Waals surface area contributed by atoms with E-state index in [0.717, 1.165) is 49.3 Å². The monoisotopic (exact) mass is 268 g/mol. The van der Waals surface area contributed by atoms with E-state index in [1.54, 1.807) is 7.11 Å². The Balaban J connectivity index is 1.76. The first-order valence-corrected chi connectivity index (χ1v) is 6.91. The van der Waals surface area contributed by atoms with Gasteiger partial charge in [0.1, 0.15) is 5.75 Å². The third-order valence-electron chi connectivity index (χ3n) is 3.41. The summed E-state index contributed by atoms with van der Waals surface area (Å²) in [5.41, 5.74) is 1.17. The maximum Gasteiger partial charge on any atom is 0.122 e. The molecule has 0 radical (unpaired) electrons. The predicted octanol–water partition coefficient (Wildman–Crippen LogP) is 2.09. The summed E-state index contributed by atoms with van der Waals surface area (Å²) in [5.74, 6) is 1.70. The van der Waals surface area contributed by atoms with Gasteiger partial charge < -0.3 is 15.4 Å². The van der Waals surface area contributed by atoms with Gasteiger partial charge in [-0.05, 0) is 68.7 Å². The molecule has 0 saturated carbocycles. The zero-order chi connectivity index (χ0) is 12.8. The minimum Gasteiger partial charge on any atom is -0.496 e. The van der Waals surface area contributed by atoms with Crippen molar-refractivity contribution in [2.75, 3.05) is 33.3 Å². The molecule has 1 atom stereocenters. The summed E-state index contributed by atoms with van der Waals surface area (Å²) < 4.78 is 5.33. The van der Waals surface area contributed by atoms with E-state index in [0.29, 0.717) is 0 Å². The standard InChI is InChI=1S/C14H21ClN2O/c1-18-14-3-2-13(15)8-12(14)5-7-17-10-11-4-6-16-9-11/h2-3,8,11,16-17H,4-7,9-10H2,1H3. The lowest BCUT2D eigenvalue weighted by Crippen LogP contribution is -2.26. The highest BCUT2D eigenvalue weighted by molar-refractivity contribution is 6.30. The van der Waals surface area contributed by atoms with Crippen LogP contribution >= 0.6 is 11.6 Å². The highest BCUT2D eigenvalue weighted by Crippen LogP contribution is 2.22. The Bertz CT molecular complexity index is 378. The minimum atomic E-state index is 0.769. The van der Waals surface area contributed by atoms with Crippen LogP contribution in [-0.2, 0) is 6.42 Å². The summed E-state index contributed by atoms with van der Waals surface area (Å²) in [6.07, 6.45) is 2.23. The van der Waals surface area contributed by atoms with Crippen LogP contribution in [0.1, 0.15) is 12.0 Å².